The molecule has 0 spiro atoms. The van der Waals surface area contributed by atoms with Crippen LogP contribution in [-0.2, 0) is 10.0 Å². The summed E-state index contributed by atoms with van der Waals surface area (Å²) in [5, 5.41) is 0.564. The minimum Gasteiger partial charge on any atom is -0.493 e. The van der Waals surface area contributed by atoms with Gasteiger partial charge in [0.15, 0.2) is 23.1 Å². The largest absolute Gasteiger partial charge is 0.493 e. The van der Waals surface area contributed by atoms with Crippen LogP contribution in [0.15, 0.2) is 36.2 Å². The van der Waals surface area contributed by atoms with Crippen molar-refractivity contribution in [1.82, 2.24) is 19.2 Å². The first-order chi connectivity index (χ1) is 18.6. The van der Waals surface area contributed by atoms with Crippen LogP contribution >= 0.6 is 0 Å². The van der Waals surface area contributed by atoms with E-state index in [0.29, 0.717) is 60.8 Å². The third-order valence-corrected chi connectivity index (χ3v) is 7.87. The number of methoxy groups -OCH3 is 1. The quantitative estimate of drug-likeness (QED) is 0.332. The van der Waals surface area contributed by atoms with E-state index in [-0.39, 0.29) is 11.6 Å². The zero-order chi connectivity index (χ0) is 28.2. The molecule has 0 N–H and O–H groups in total. The molecule has 4 rings (SSSR count). The average molecular weight is 559 g/mol. The van der Waals surface area contributed by atoms with Crippen molar-refractivity contribution in [3.63, 3.8) is 0 Å². The Morgan fingerprint density at radius 3 is 2.49 bits per heavy atom. The van der Waals surface area contributed by atoms with Gasteiger partial charge in [-0.15, -0.1) is 0 Å². The molecule has 1 aliphatic rings. The molecule has 11 heteroatoms. The molecule has 0 amide bonds. The van der Waals surface area contributed by atoms with Crippen LogP contribution in [0, 0.1) is 12.7 Å². The van der Waals surface area contributed by atoms with E-state index in [2.05, 4.69) is 14.9 Å². The lowest BCUT2D eigenvalue weighted by Crippen LogP contribution is -2.48. The second kappa shape index (κ2) is 12.3. The maximum absolute atomic E-state index is 15.3. The molecule has 0 atom stereocenters. The molecule has 3 aromatic rings. The van der Waals surface area contributed by atoms with Crippen molar-refractivity contribution >= 4 is 27.0 Å². The van der Waals surface area contributed by atoms with Gasteiger partial charge in [0.2, 0.25) is 15.9 Å². The van der Waals surface area contributed by atoms with Gasteiger partial charge in [-0.05, 0) is 44.9 Å². The van der Waals surface area contributed by atoms with Crippen molar-refractivity contribution < 1.29 is 27.0 Å². The van der Waals surface area contributed by atoms with E-state index in [0.717, 1.165) is 24.1 Å². The van der Waals surface area contributed by atoms with Gasteiger partial charge in [0.05, 0.1) is 30.9 Å². The molecule has 1 fully saturated rings. The first kappa shape index (κ1) is 28.7. The van der Waals surface area contributed by atoms with E-state index >= 15 is 4.39 Å². The van der Waals surface area contributed by atoms with Crippen LogP contribution in [-0.4, -0.2) is 80.3 Å². The van der Waals surface area contributed by atoms with Crippen LogP contribution in [0.2, 0.25) is 0 Å². The Balaban J connectivity index is 1.45. The highest BCUT2D eigenvalue weighted by molar-refractivity contribution is 7.88. The first-order valence-electron chi connectivity index (χ1n) is 12.8. The fourth-order valence-electron chi connectivity index (χ4n) is 4.47. The molecular weight excluding hydrogens is 523 g/mol. The minimum atomic E-state index is -3.14. The fourth-order valence-corrected chi connectivity index (χ4v) is 5.29. The number of aryl methyl sites for hydroxylation is 1. The number of hydrogen-bond acceptors (Lipinski definition) is 8. The van der Waals surface area contributed by atoms with E-state index in [1.807, 2.05) is 26.8 Å². The summed E-state index contributed by atoms with van der Waals surface area (Å²) in [6.45, 7) is 9.33. The maximum atomic E-state index is 15.3. The van der Waals surface area contributed by atoms with Gasteiger partial charge >= 0.3 is 0 Å². The van der Waals surface area contributed by atoms with E-state index in [1.54, 1.807) is 31.4 Å². The predicted molar refractivity (Wildman–Crippen MR) is 150 cm³/mol. The second-order valence-electron chi connectivity index (χ2n) is 9.84. The third kappa shape index (κ3) is 7.03. The minimum absolute atomic E-state index is 0.0739. The summed E-state index contributed by atoms with van der Waals surface area (Å²) >= 11 is 0. The number of aromatic nitrogens is 2. The molecule has 1 aliphatic heterocycles. The van der Waals surface area contributed by atoms with Gasteiger partial charge in [0.25, 0.3) is 0 Å². The summed E-state index contributed by atoms with van der Waals surface area (Å²) in [4.78, 5) is 10.8. The zero-order valence-corrected chi connectivity index (χ0v) is 23.8. The highest BCUT2D eigenvalue weighted by Gasteiger charge is 2.23. The van der Waals surface area contributed by atoms with Crippen molar-refractivity contribution in [1.29, 1.82) is 0 Å². The molecule has 210 valence electrons. The summed E-state index contributed by atoms with van der Waals surface area (Å²) in [6, 6.07) is 6.90. The van der Waals surface area contributed by atoms with Crippen molar-refractivity contribution in [3.05, 3.63) is 53.1 Å². The maximum Gasteiger partial charge on any atom is 0.230 e. The number of allylic oxidation sites excluding steroid dienone is 1. The van der Waals surface area contributed by atoms with Gasteiger partial charge in [-0.3, -0.25) is 0 Å². The third-order valence-electron chi connectivity index (χ3n) is 6.56. The van der Waals surface area contributed by atoms with Gasteiger partial charge in [0.1, 0.15) is 6.33 Å². The molecule has 2 aromatic carbocycles. The number of fused-ring (bicyclic) bond motifs is 1. The molecule has 9 nitrogen and oxygen atoms in total. The normalized spacial score (nSPS) is 14.8. The number of rotatable bonds is 10. The fraction of sp³-hybridized carbons (Fsp3) is 0.429. The Morgan fingerprint density at radius 2 is 1.82 bits per heavy atom. The number of piperazine rings is 1. The summed E-state index contributed by atoms with van der Waals surface area (Å²) in [5.41, 5.74) is 2.85. The second-order valence-corrected chi connectivity index (χ2v) is 11.8. The van der Waals surface area contributed by atoms with Crippen LogP contribution in [0.1, 0.15) is 31.4 Å². The van der Waals surface area contributed by atoms with E-state index < -0.39 is 15.8 Å². The molecule has 1 saturated heterocycles. The Labute approximate surface area is 229 Å². The molecule has 0 bridgehead atoms. The standard InChI is InChI=1S/C28H35FN4O5S/c1-19(2)15-21-20(3)7-8-24(27(21)29)38-28-22-16-25(36-4)26(17-23(22)30-18-31-28)37-14-6-9-32-10-12-33(13-11-32)39(5,34)35/h7-8,15-18H,6,9-14H2,1-5H3. The highest BCUT2D eigenvalue weighted by Crippen LogP contribution is 2.37. The highest BCUT2D eigenvalue weighted by atomic mass is 32.2. The molecule has 1 aromatic heterocycles. The van der Waals surface area contributed by atoms with Crippen LogP contribution in [0.4, 0.5) is 4.39 Å². The van der Waals surface area contributed by atoms with Crippen molar-refractivity contribution in [2.45, 2.75) is 27.2 Å². The SMILES string of the molecule is COc1cc2c(Oc3ccc(C)c(C=C(C)C)c3F)ncnc2cc1OCCCN1CCN(S(C)(=O)=O)CC1. The van der Waals surface area contributed by atoms with Gasteiger partial charge in [-0.1, -0.05) is 17.7 Å². The lowest BCUT2D eigenvalue weighted by molar-refractivity contribution is 0.174. The monoisotopic (exact) mass is 558 g/mol. The number of nitrogens with zero attached hydrogens (tertiary/aromatic N) is 4. The van der Waals surface area contributed by atoms with Gasteiger partial charge in [0, 0.05) is 44.4 Å². The smallest absolute Gasteiger partial charge is 0.230 e. The van der Waals surface area contributed by atoms with Crippen LogP contribution < -0.4 is 14.2 Å². The Hall–Kier alpha value is -3.28. The van der Waals surface area contributed by atoms with Crippen molar-refractivity contribution in [2.75, 3.05) is 52.7 Å². The van der Waals surface area contributed by atoms with Crippen LogP contribution in [0.5, 0.6) is 23.1 Å². The van der Waals surface area contributed by atoms with E-state index in [1.165, 1.54) is 16.9 Å². The topological polar surface area (TPSA) is 94.1 Å². The number of benzene rings is 2. The molecular formula is C28H35FN4O5S. The number of halogens is 1. The first-order valence-corrected chi connectivity index (χ1v) is 14.7. The lowest BCUT2D eigenvalue weighted by atomic mass is 10.1. The molecule has 0 aliphatic carbocycles. The van der Waals surface area contributed by atoms with Crippen LogP contribution in [0.25, 0.3) is 17.0 Å². The van der Waals surface area contributed by atoms with Crippen LogP contribution in [0.3, 0.4) is 0 Å². The summed E-state index contributed by atoms with van der Waals surface area (Å²) in [5.74, 6) is 0.851. The van der Waals surface area contributed by atoms with Gasteiger partial charge in [-0.25, -0.2) is 22.8 Å². The van der Waals surface area contributed by atoms with Crippen molar-refractivity contribution in [2.24, 2.45) is 0 Å². The lowest BCUT2D eigenvalue weighted by Gasteiger charge is -2.33. The number of ether oxygens (including phenoxy) is 3. The molecule has 0 unspecified atom stereocenters. The zero-order valence-electron chi connectivity index (χ0n) is 23.0. The summed E-state index contributed by atoms with van der Waals surface area (Å²) in [7, 11) is -1.59. The Kier molecular flexibility index (Phi) is 9.04. The average Bonchev–Trinajstić information content (AvgIpc) is 2.90. The Morgan fingerprint density at radius 1 is 1.08 bits per heavy atom. The van der Waals surface area contributed by atoms with Gasteiger partial charge in [-0.2, -0.15) is 4.31 Å². The summed E-state index contributed by atoms with van der Waals surface area (Å²) in [6.07, 6.45) is 5.17. The molecule has 39 heavy (non-hydrogen) atoms. The van der Waals surface area contributed by atoms with E-state index in [4.69, 9.17) is 14.2 Å². The molecule has 0 radical (unpaired) electrons. The van der Waals surface area contributed by atoms with Crippen molar-refractivity contribution in [3.8, 4) is 23.1 Å². The molecule has 0 saturated carbocycles. The summed E-state index contributed by atoms with van der Waals surface area (Å²) < 4.78 is 57.7. The van der Waals surface area contributed by atoms with E-state index in [9.17, 15) is 8.42 Å². The molecule has 2 heterocycles. The Bertz CT molecular complexity index is 1470. The van der Waals surface area contributed by atoms with Gasteiger partial charge < -0.3 is 19.1 Å². The number of sulfonamides is 1. The number of hydrogen-bond donors (Lipinski definition) is 0. The predicted octanol–water partition coefficient (Wildman–Crippen LogP) is 4.65.